The minimum absolute atomic E-state index is 0.751. The topological polar surface area (TPSA) is 30.7 Å². The van der Waals surface area contributed by atoms with Crippen LogP contribution in [0.15, 0.2) is 195 Å². The number of allylic oxidation sites excluding steroid dienone is 4. The molecule has 57 heavy (non-hydrogen) atoms. The zero-order chi connectivity index (χ0) is 38.5. The van der Waals surface area contributed by atoms with Crippen molar-refractivity contribution in [3.63, 3.8) is 0 Å². The summed E-state index contributed by atoms with van der Waals surface area (Å²) in [5, 5.41) is 12.6. The van der Waals surface area contributed by atoms with Crippen LogP contribution in [0.25, 0.3) is 102 Å². The molecule has 0 aliphatic heterocycles. The van der Waals surface area contributed by atoms with Crippen molar-refractivity contribution in [2.45, 2.75) is 6.92 Å². The van der Waals surface area contributed by atoms with Crippen LogP contribution in [0.3, 0.4) is 0 Å². The first-order valence-corrected chi connectivity index (χ1v) is 20.0. The van der Waals surface area contributed by atoms with Gasteiger partial charge < -0.3 is 4.57 Å². The zero-order valence-electron chi connectivity index (χ0n) is 31.5. The van der Waals surface area contributed by atoms with Crippen molar-refractivity contribution in [1.29, 1.82) is 0 Å². The zero-order valence-corrected chi connectivity index (χ0v) is 32.3. The average molecular weight is 748 g/mol. The number of rotatable bonds is 5. The molecule has 0 radical (unpaired) electrons. The third kappa shape index (κ3) is 5.65. The first-order chi connectivity index (χ1) is 28.1. The Morgan fingerprint density at radius 2 is 1.18 bits per heavy atom. The SMILES string of the molecule is C=C/C=C\C=C.Cc1ncc(-n2c3ccccc3c3cc(-c4ccc5ccccc5c4)c4sc5c6ccccc6c6ccccc6c5c4c32)c(-c2ccccc2)n1. The van der Waals surface area contributed by atoms with Crippen LogP contribution in [0.1, 0.15) is 5.82 Å². The molecule has 4 heteroatoms. The van der Waals surface area contributed by atoms with E-state index in [2.05, 4.69) is 169 Å². The van der Waals surface area contributed by atoms with Crippen LogP contribution >= 0.6 is 11.3 Å². The van der Waals surface area contributed by atoms with Crippen LogP contribution in [0.2, 0.25) is 0 Å². The molecule has 0 aliphatic rings. The minimum atomic E-state index is 0.751. The summed E-state index contributed by atoms with van der Waals surface area (Å²) in [7, 11) is 0. The summed E-state index contributed by atoms with van der Waals surface area (Å²) < 4.78 is 5.04. The van der Waals surface area contributed by atoms with E-state index in [0.29, 0.717) is 0 Å². The van der Waals surface area contributed by atoms with E-state index in [1.165, 1.54) is 79.9 Å². The van der Waals surface area contributed by atoms with Crippen molar-refractivity contribution in [1.82, 2.24) is 14.5 Å². The third-order valence-corrected chi connectivity index (χ3v) is 12.1. The molecule has 0 amide bonds. The van der Waals surface area contributed by atoms with E-state index in [1.54, 1.807) is 12.2 Å². The van der Waals surface area contributed by atoms with Crippen LogP contribution in [0.4, 0.5) is 0 Å². The summed E-state index contributed by atoms with van der Waals surface area (Å²) in [6.07, 6.45) is 9.09. The maximum absolute atomic E-state index is 5.10. The van der Waals surface area contributed by atoms with Crippen LogP contribution in [-0.4, -0.2) is 14.5 Å². The lowest BCUT2D eigenvalue weighted by Gasteiger charge is -2.15. The minimum Gasteiger partial charge on any atom is -0.305 e. The first-order valence-electron chi connectivity index (χ1n) is 19.1. The molecular formula is C53H37N3S. The van der Waals surface area contributed by atoms with Gasteiger partial charge in [0.25, 0.3) is 0 Å². The van der Waals surface area contributed by atoms with Crippen LogP contribution in [0.5, 0.6) is 0 Å². The van der Waals surface area contributed by atoms with Gasteiger partial charge in [-0.2, -0.15) is 0 Å². The second-order valence-electron chi connectivity index (χ2n) is 14.2. The second-order valence-corrected chi connectivity index (χ2v) is 15.2. The number of fused-ring (bicyclic) bond motifs is 13. The van der Waals surface area contributed by atoms with Gasteiger partial charge in [-0.3, -0.25) is 0 Å². The summed E-state index contributed by atoms with van der Waals surface area (Å²) in [4.78, 5) is 9.92. The summed E-state index contributed by atoms with van der Waals surface area (Å²) >= 11 is 1.92. The van der Waals surface area contributed by atoms with Crippen molar-refractivity contribution in [2.24, 2.45) is 0 Å². The van der Waals surface area contributed by atoms with E-state index < -0.39 is 0 Å². The number of nitrogens with zero attached hydrogens (tertiary/aromatic N) is 3. The molecule has 0 atom stereocenters. The lowest BCUT2D eigenvalue weighted by atomic mass is 9.93. The molecule has 11 rings (SSSR count). The standard InChI is InChI=1S/C47H29N3S.C6H8/c1-28-48-27-41(44(49-28)30-14-3-2-4-15-30)50-40-22-12-11-19-35(40)39-26-38(32-24-23-29-13-5-6-16-31(29)25-32)47-43(45(39)50)42-36-20-9-7-17-33(36)34-18-8-10-21-37(34)46(42)51-47;1-3-5-6-4-2/h2-27H,1H3;3-6H,1-2H2/b;6-5-. The molecule has 8 aromatic carbocycles. The largest absolute Gasteiger partial charge is 0.305 e. The van der Waals surface area contributed by atoms with Gasteiger partial charge in [0, 0.05) is 47.5 Å². The highest BCUT2D eigenvalue weighted by atomic mass is 32.1. The maximum Gasteiger partial charge on any atom is 0.126 e. The Balaban J connectivity index is 0.000000616. The van der Waals surface area contributed by atoms with Crippen molar-refractivity contribution in [2.75, 3.05) is 0 Å². The molecule has 3 nitrogen and oxygen atoms in total. The van der Waals surface area contributed by atoms with E-state index in [9.17, 15) is 0 Å². The van der Waals surface area contributed by atoms with E-state index in [-0.39, 0.29) is 0 Å². The van der Waals surface area contributed by atoms with Gasteiger partial charge in [-0.25, -0.2) is 9.97 Å². The highest BCUT2D eigenvalue weighted by Crippen LogP contribution is 2.51. The van der Waals surface area contributed by atoms with E-state index in [4.69, 9.17) is 9.97 Å². The summed E-state index contributed by atoms with van der Waals surface area (Å²) in [5.41, 5.74) is 7.77. The smallest absolute Gasteiger partial charge is 0.126 e. The molecule has 0 saturated heterocycles. The number of hydrogen-bond acceptors (Lipinski definition) is 3. The Kier molecular flexibility index (Phi) is 8.54. The normalized spacial score (nSPS) is 11.7. The summed E-state index contributed by atoms with van der Waals surface area (Å²) in [6.45, 7) is 8.90. The van der Waals surface area contributed by atoms with Gasteiger partial charge in [-0.15, -0.1) is 11.3 Å². The number of para-hydroxylation sites is 1. The number of benzene rings is 8. The lowest BCUT2D eigenvalue weighted by Crippen LogP contribution is -2.02. The quantitative estimate of drug-likeness (QED) is 0.130. The molecule has 3 aromatic heterocycles. The van der Waals surface area contributed by atoms with Crippen molar-refractivity contribution in [3.05, 3.63) is 201 Å². The maximum atomic E-state index is 5.10. The van der Waals surface area contributed by atoms with Crippen LogP contribution in [-0.2, 0) is 0 Å². The highest BCUT2D eigenvalue weighted by molar-refractivity contribution is 7.27. The Morgan fingerprint density at radius 1 is 0.544 bits per heavy atom. The van der Waals surface area contributed by atoms with Gasteiger partial charge >= 0.3 is 0 Å². The monoisotopic (exact) mass is 747 g/mol. The number of thiophene rings is 1. The highest BCUT2D eigenvalue weighted by Gasteiger charge is 2.25. The summed E-state index contributed by atoms with van der Waals surface area (Å²) in [5.74, 6) is 0.751. The molecule has 0 unspecified atom stereocenters. The van der Waals surface area contributed by atoms with E-state index in [1.807, 2.05) is 36.6 Å². The molecular weight excluding hydrogens is 711 g/mol. The van der Waals surface area contributed by atoms with Gasteiger partial charge in [-0.1, -0.05) is 171 Å². The van der Waals surface area contributed by atoms with Crippen molar-refractivity contribution in [3.8, 4) is 28.1 Å². The number of aryl methyl sites for hydroxylation is 1. The molecule has 0 spiro atoms. The Labute approximate surface area is 334 Å². The third-order valence-electron chi connectivity index (χ3n) is 10.9. The first kappa shape index (κ1) is 34.4. The molecule has 11 aromatic rings. The van der Waals surface area contributed by atoms with Crippen LogP contribution in [0, 0.1) is 6.92 Å². The predicted octanol–water partition coefficient (Wildman–Crippen LogP) is 15.0. The van der Waals surface area contributed by atoms with Crippen molar-refractivity contribution < 1.29 is 0 Å². The molecule has 3 heterocycles. The average Bonchev–Trinajstić information content (AvgIpc) is 3.83. The second kappa shape index (κ2) is 14.2. The molecule has 270 valence electrons. The summed E-state index contributed by atoms with van der Waals surface area (Å²) in [6, 6.07) is 55.2. The molecule has 0 fully saturated rings. The molecule has 0 N–H and O–H groups in total. The molecule has 0 saturated carbocycles. The van der Waals surface area contributed by atoms with Crippen LogP contribution < -0.4 is 0 Å². The predicted molar refractivity (Wildman–Crippen MR) is 247 cm³/mol. The van der Waals surface area contributed by atoms with Gasteiger partial charge in [0.15, 0.2) is 0 Å². The lowest BCUT2D eigenvalue weighted by molar-refractivity contribution is 1.02. The molecule has 0 bridgehead atoms. The fraction of sp³-hybridized carbons (Fsp3) is 0.0189. The Morgan fingerprint density at radius 3 is 1.93 bits per heavy atom. The van der Waals surface area contributed by atoms with E-state index in [0.717, 1.165) is 28.3 Å². The fourth-order valence-corrected chi connectivity index (χ4v) is 9.82. The molecule has 0 aliphatic carbocycles. The number of hydrogen-bond donors (Lipinski definition) is 0. The van der Waals surface area contributed by atoms with Crippen molar-refractivity contribution >= 4 is 85.6 Å². The van der Waals surface area contributed by atoms with Gasteiger partial charge in [0.05, 0.1) is 28.6 Å². The van der Waals surface area contributed by atoms with E-state index >= 15 is 0 Å². The Bertz CT molecular complexity index is 3390. The fourth-order valence-electron chi connectivity index (χ4n) is 8.43. The van der Waals surface area contributed by atoms with Gasteiger partial charge in [-0.05, 0) is 57.6 Å². The Hall–Kier alpha value is -7.14. The van der Waals surface area contributed by atoms with Gasteiger partial charge in [0.1, 0.15) is 5.82 Å². The van der Waals surface area contributed by atoms with Gasteiger partial charge in [0.2, 0.25) is 0 Å². The number of aromatic nitrogens is 3.